The van der Waals surface area contributed by atoms with Crippen LogP contribution < -0.4 is 5.73 Å². The summed E-state index contributed by atoms with van der Waals surface area (Å²) in [5, 5.41) is 0. The van der Waals surface area contributed by atoms with Gasteiger partial charge < -0.3 is 5.73 Å². The van der Waals surface area contributed by atoms with Gasteiger partial charge in [-0.05, 0) is 41.5 Å². The number of nitrogen functional groups attached to an aromatic ring is 1. The van der Waals surface area contributed by atoms with Gasteiger partial charge in [0, 0.05) is 5.69 Å². The Balaban J connectivity index is 2.62. The van der Waals surface area contributed by atoms with Crippen LogP contribution in [0.5, 0.6) is 0 Å². The van der Waals surface area contributed by atoms with Crippen molar-refractivity contribution in [1.29, 1.82) is 0 Å². The van der Waals surface area contributed by atoms with Crippen LogP contribution in [0, 0.1) is 0 Å². The molecule has 0 saturated heterocycles. The van der Waals surface area contributed by atoms with Crippen LogP contribution in [0.2, 0.25) is 0 Å². The lowest BCUT2D eigenvalue weighted by atomic mass is 9.87. The van der Waals surface area contributed by atoms with Crippen LogP contribution in [0.15, 0.2) is 18.2 Å². The van der Waals surface area contributed by atoms with Crippen molar-refractivity contribution in [3.05, 3.63) is 34.9 Å². The van der Waals surface area contributed by atoms with Crippen LogP contribution in [0.1, 0.15) is 42.9 Å². The van der Waals surface area contributed by atoms with Crippen LogP contribution in [0.4, 0.5) is 5.69 Å². The average Bonchev–Trinajstić information content (AvgIpc) is 2.17. The van der Waals surface area contributed by atoms with Crippen molar-refractivity contribution in [2.24, 2.45) is 0 Å². The third-order valence-electron chi connectivity index (χ3n) is 2.86. The summed E-state index contributed by atoms with van der Waals surface area (Å²) in [4.78, 5) is 0. The van der Waals surface area contributed by atoms with Gasteiger partial charge in [-0.2, -0.15) is 0 Å². The average molecular weight is 187 g/mol. The number of benzene rings is 1. The second-order valence-electron chi connectivity index (χ2n) is 4.23. The van der Waals surface area contributed by atoms with Crippen molar-refractivity contribution in [3.8, 4) is 0 Å². The predicted molar refractivity (Wildman–Crippen MR) is 62.3 cm³/mol. The fraction of sp³-hybridized carbons (Fsp3) is 0.385. The van der Waals surface area contributed by atoms with E-state index in [1.165, 1.54) is 16.7 Å². The van der Waals surface area contributed by atoms with Crippen LogP contribution in [-0.4, -0.2) is 0 Å². The summed E-state index contributed by atoms with van der Waals surface area (Å²) in [6.45, 7) is 4.43. The molecule has 0 bridgehead atoms. The molecule has 14 heavy (non-hydrogen) atoms. The Hall–Kier alpha value is -1.24. The van der Waals surface area contributed by atoms with E-state index >= 15 is 0 Å². The number of hydrogen-bond acceptors (Lipinski definition) is 1. The Kier molecular flexibility index (Phi) is 2.32. The molecule has 1 nitrogen and oxygen atoms in total. The Morgan fingerprint density at radius 3 is 2.79 bits per heavy atom. The third-order valence-corrected chi connectivity index (χ3v) is 2.86. The van der Waals surface area contributed by atoms with Crippen molar-refractivity contribution < 1.29 is 0 Å². The minimum absolute atomic E-state index is 0.524. The van der Waals surface area contributed by atoms with E-state index in [4.69, 9.17) is 5.73 Å². The maximum atomic E-state index is 6.02. The van der Waals surface area contributed by atoms with E-state index in [1.807, 2.05) is 6.07 Å². The molecule has 0 heterocycles. The van der Waals surface area contributed by atoms with Gasteiger partial charge >= 0.3 is 0 Å². The standard InChI is InChI=1S/C13H17N/c1-9(2)13-11-6-4-3-5-10(11)7-8-12(13)14/h3,5,7-9H,4,6,14H2,1-2H3. The van der Waals surface area contributed by atoms with Gasteiger partial charge in [-0.25, -0.2) is 0 Å². The summed E-state index contributed by atoms with van der Waals surface area (Å²) in [5.41, 5.74) is 11.1. The highest BCUT2D eigenvalue weighted by Gasteiger charge is 2.14. The molecule has 0 fully saturated rings. The molecule has 1 aromatic carbocycles. The number of hydrogen-bond donors (Lipinski definition) is 1. The second-order valence-corrected chi connectivity index (χ2v) is 4.23. The molecular formula is C13H17N. The first-order valence-electron chi connectivity index (χ1n) is 5.28. The first kappa shape index (κ1) is 9.32. The van der Waals surface area contributed by atoms with Gasteiger partial charge in [0.1, 0.15) is 0 Å². The highest BCUT2D eigenvalue weighted by Crippen LogP contribution is 2.32. The topological polar surface area (TPSA) is 26.0 Å². The summed E-state index contributed by atoms with van der Waals surface area (Å²) in [6, 6.07) is 4.16. The smallest absolute Gasteiger partial charge is 0.0352 e. The van der Waals surface area contributed by atoms with Crippen LogP contribution in [-0.2, 0) is 6.42 Å². The molecule has 0 atom stereocenters. The SMILES string of the molecule is CC(C)c1c(N)ccc2c1CCC=C2. The van der Waals surface area contributed by atoms with Gasteiger partial charge in [0.25, 0.3) is 0 Å². The zero-order chi connectivity index (χ0) is 10.1. The lowest BCUT2D eigenvalue weighted by Crippen LogP contribution is -2.06. The highest BCUT2D eigenvalue weighted by molar-refractivity contribution is 5.65. The van der Waals surface area contributed by atoms with Gasteiger partial charge in [0.2, 0.25) is 0 Å². The van der Waals surface area contributed by atoms with Crippen LogP contribution in [0.3, 0.4) is 0 Å². The molecule has 0 spiro atoms. The van der Waals surface area contributed by atoms with Gasteiger partial charge in [-0.3, -0.25) is 0 Å². The fourth-order valence-corrected chi connectivity index (χ4v) is 2.25. The minimum Gasteiger partial charge on any atom is -0.398 e. The predicted octanol–water partition coefficient (Wildman–Crippen LogP) is 3.35. The quantitative estimate of drug-likeness (QED) is 0.670. The molecule has 0 radical (unpaired) electrons. The molecule has 0 amide bonds. The first-order chi connectivity index (χ1) is 6.70. The molecule has 2 rings (SSSR count). The van der Waals surface area contributed by atoms with Crippen LogP contribution >= 0.6 is 0 Å². The summed E-state index contributed by atoms with van der Waals surface area (Å²) < 4.78 is 0. The van der Waals surface area contributed by atoms with Gasteiger partial charge in [0.15, 0.2) is 0 Å². The van der Waals surface area contributed by atoms with Crippen molar-refractivity contribution in [3.63, 3.8) is 0 Å². The second kappa shape index (κ2) is 3.49. The summed E-state index contributed by atoms with van der Waals surface area (Å²) in [6.07, 6.45) is 6.74. The van der Waals surface area contributed by atoms with E-state index < -0.39 is 0 Å². The number of allylic oxidation sites excluding steroid dienone is 1. The molecule has 1 aliphatic carbocycles. The van der Waals surface area contributed by atoms with E-state index in [2.05, 4.69) is 32.1 Å². The lowest BCUT2D eigenvalue weighted by molar-refractivity contribution is 0.833. The lowest BCUT2D eigenvalue weighted by Gasteiger charge is -2.20. The zero-order valence-corrected chi connectivity index (χ0v) is 8.88. The molecule has 1 aliphatic rings. The van der Waals surface area contributed by atoms with Crippen molar-refractivity contribution >= 4 is 11.8 Å². The molecular weight excluding hydrogens is 170 g/mol. The monoisotopic (exact) mass is 187 g/mol. The molecule has 0 unspecified atom stereocenters. The van der Waals surface area contributed by atoms with Gasteiger partial charge in [-0.1, -0.05) is 32.1 Å². The Morgan fingerprint density at radius 2 is 2.07 bits per heavy atom. The van der Waals surface area contributed by atoms with Gasteiger partial charge in [0.05, 0.1) is 0 Å². The fourth-order valence-electron chi connectivity index (χ4n) is 2.25. The molecule has 1 heteroatoms. The normalized spacial score (nSPS) is 14.5. The number of anilines is 1. The van der Waals surface area contributed by atoms with Gasteiger partial charge in [-0.15, -0.1) is 0 Å². The van der Waals surface area contributed by atoms with Crippen LogP contribution in [0.25, 0.3) is 6.08 Å². The number of fused-ring (bicyclic) bond motifs is 1. The number of nitrogens with two attached hydrogens (primary N) is 1. The minimum atomic E-state index is 0.524. The molecule has 0 aliphatic heterocycles. The first-order valence-corrected chi connectivity index (χ1v) is 5.28. The Labute approximate surface area is 85.6 Å². The van der Waals surface area contributed by atoms with Crippen molar-refractivity contribution in [2.45, 2.75) is 32.6 Å². The van der Waals surface area contributed by atoms with Crippen molar-refractivity contribution in [2.75, 3.05) is 5.73 Å². The molecule has 74 valence electrons. The maximum Gasteiger partial charge on any atom is 0.0352 e. The van der Waals surface area contributed by atoms with Crippen molar-refractivity contribution in [1.82, 2.24) is 0 Å². The molecule has 0 saturated carbocycles. The van der Waals surface area contributed by atoms with E-state index in [0.717, 1.165) is 18.5 Å². The molecule has 1 aromatic rings. The highest BCUT2D eigenvalue weighted by atomic mass is 14.6. The Morgan fingerprint density at radius 1 is 1.29 bits per heavy atom. The van der Waals surface area contributed by atoms with E-state index in [1.54, 1.807) is 0 Å². The van der Waals surface area contributed by atoms with E-state index in [-0.39, 0.29) is 0 Å². The maximum absolute atomic E-state index is 6.02. The van der Waals surface area contributed by atoms with E-state index in [9.17, 15) is 0 Å². The largest absolute Gasteiger partial charge is 0.398 e. The summed E-state index contributed by atoms with van der Waals surface area (Å²) in [7, 11) is 0. The van der Waals surface area contributed by atoms with E-state index in [0.29, 0.717) is 5.92 Å². The number of rotatable bonds is 1. The summed E-state index contributed by atoms with van der Waals surface area (Å²) in [5.74, 6) is 0.524. The molecule has 0 aromatic heterocycles. The third kappa shape index (κ3) is 1.43. The zero-order valence-electron chi connectivity index (χ0n) is 8.88. The Bertz CT molecular complexity index is 375. The molecule has 2 N–H and O–H groups in total. The summed E-state index contributed by atoms with van der Waals surface area (Å²) >= 11 is 0.